The second-order valence-electron chi connectivity index (χ2n) is 5.43. The number of aryl methyl sites for hydroxylation is 1. The summed E-state index contributed by atoms with van der Waals surface area (Å²) in [4.78, 5) is 0. The Bertz CT molecular complexity index is 897. The van der Waals surface area contributed by atoms with Gasteiger partial charge in [0.2, 0.25) is 0 Å². The number of hydrogen-bond acceptors (Lipinski definition) is 5. The van der Waals surface area contributed by atoms with Crippen LogP contribution >= 0.6 is 11.8 Å². The first kappa shape index (κ1) is 17.1. The smallest absolute Gasteiger partial charge is 0.196 e. The van der Waals surface area contributed by atoms with Crippen molar-refractivity contribution in [2.75, 3.05) is 12.9 Å². The van der Waals surface area contributed by atoms with Gasteiger partial charge in [0.25, 0.3) is 0 Å². The molecule has 0 fully saturated rings. The van der Waals surface area contributed by atoms with Crippen LogP contribution in [0.4, 0.5) is 0 Å². The summed E-state index contributed by atoms with van der Waals surface area (Å²) < 4.78 is 7.50. The van der Waals surface area contributed by atoms with E-state index in [0.717, 1.165) is 28.0 Å². The van der Waals surface area contributed by atoms with Crippen molar-refractivity contribution in [3.05, 3.63) is 54.1 Å². The Morgan fingerprint density at radius 3 is 2.60 bits per heavy atom. The van der Waals surface area contributed by atoms with E-state index in [1.165, 1.54) is 17.3 Å². The van der Waals surface area contributed by atoms with E-state index in [1.807, 2.05) is 41.0 Å². The highest BCUT2D eigenvalue weighted by atomic mass is 32.2. The number of aromatic nitrogens is 3. The SMILES string of the molecule is COc1ccccc1-c1nnc(SCCC#N)n1-c1ccc(C)cc1. The van der Waals surface area contributed by atoms with E-state index in [9.17, 15) is 0 Å². The molecule has 0 saturated carbocycles. The van der Waals surface area contributed by atoms with Crippen LogP contribution in [0.3, 0.4) is 0 Å². The van der Waals surface area contributed by atoms with Crippen LogP contribution in [0.25, 0.3) is 17.1 Å². The molecule has 2 aromatic carbocycles. The predicted octanol–water partition coefficient (Wildman–Crippen LogP) is 4.26. The van der Waals surface area contributed by atoms with Crippen LogP contribution in [0.2, 0.25) is 0 Å². The van der Waals surface area contributed by atoms with E-state index < -0.39 is 0 Å². The molecule has 6 heteroatoms. The lowest BCUT2D eigenvalue weighted by Gasteiger charge is -2.12. The van der Waals surface area contributed by atoms with Gasteiger partial charge in [0.15, 0.2) is 11.0 Å². The normalized spacial score (nSPS) is 10.4. The first-order chi connectivity index (χ1) is 12.2. The van der Waals surface area contributed by atoms with Crippen LogP contribution in [0, 0.1) is 18.3 Å². The van der Waals surface area contributed by atoms with Crippen molar-refractivity contribution in [1.29, 1.82) is 5.26 Å². The van der Waals surface area contributed by atoms with Crippen LogP contribution < -0.4 is 4.74 Å². The molecule has 0 spiro atoms. The van der Waals surface area contributed by atoms with Crippen LogP contribution in [-0.2, 0) is 0 Å². The van der Waals surface area contributed by atoms with Crippen molar-refractivity contribution < 1.29 is 4.74 Å². The molecule has 0 unspecified atom stereocenters. The second kappa shape index (κ2) is 7.86. The van der Waals surface area contributed by atoms with Gasteiger partial charge in [-0.2, -0.15) is 5.26 Å². The van der Waals surface area contributed by atoms with E-state index in [-0.39, 0.29) is 0 Å². The fraction of sp³-hybridized carbons (Fsp3) is 0.211. The largest absolute Gasteiger partial charge is 0.496 e. The molecule has 0 amide bonds. The van der Waals surface area contributed by atoms with Gasteiger partial charge in [0.05, 0.1) is 18.7 Å². The molecule has 0 N–H and O–H groups in total. The Morgan fingerprint density at radius 1 is 1.12 bits per heavy atom. The van der Waals surface area contributed by atoms with Gasteiger partial charge in [-0.1, -0.05) is 41.6 Å². The van der Waals surface area contributed by atoms with Gasteiger partial charge in [-0.05, 0) is 31.2 Å². The minimum atomic E-state index is 0.468. The van der Waals surface area contributed by atoms with E-state index >= 15 is 0 Å². The highest BCUT2D eigenvalue weighted by Gasteiger charge is 2.18. The Balaban J connectivity index is 2.12. The van der Waals surface area contributed by atoms with Crippen LogP contribution in [0.15, 0.2) is 53.7 Å². The topological polar surface area (TPSA) is 63.7 Å². The van der Waals surface area contributed by atoms with Gasteiger partial charge < -0.3 is 4.74 Å². The predicted molar refractivity (Wildman–Crippen MR) is 99.0 cm³/mol. The molecule has 1 aromatic heterocycles. The van der Waals surface area contributed by atoms with E-state index in [4.69, 9.17) is 10.00 Å². The Kier molecular flexibility index (Phi) is 5.36. The number of hydrogen-bond donors (Lipinski definition) is 0. The Hall–Kier alpha value is -2.78. The van der Waals surface area contributed by atoms with Gasteiger partial charge in [0, 0.05) is 17.9 Å². The summed E-state index contributed by atoms with van der Waals surface area (Å²) in [7, 11) is 1.65. The van der Waals surface area contributed by atoms with Gasteiger partial charge in [-0.15, -0.1) is 10.2 Å². The van der Waals surface area contributed by atoms with Crippen LogP contribution in [-0.4, -0.2) is 27.6 Å². The molecule has 0 aliphatic carbocycles. The maximum atomic E-state index is 8.79. The molecule has 0 aliphatic rings. The number of thioether (sulfide) groups is 1. The molecule has 126 valence electrons. The fourth-order valence-corrected chi connectivity index (χ4v) is 3.28. The molecule has 0 saturated heterocycles. The lowest BCUT2D eigenvalue weighted by molar-refractivity contribution is 0.416. The number of benzene rings is 2. The van der Waals surface area contributed by atoms with E-state index in [2.05, 4.69) is 35.3 Å². The molecular weight excluding hydrogens is 332 g/mol. The lowest BCUT2D eigenvalue weighted by atomic mass is 10.1. The van der Waals surface area contributed by atoms with Gasteiger partial charge >= 0.3 is 0 Å². The van der Waals surface area contributed by atoms with Crippen molar-refractivity contribution in [3.63, 3.8) is 0 Å². The highest BCUT2D eigenvalue weighted by Crippen LogP contribution is 2.33. The molecule has 3 rings (SSSR count). The van der Waals surface area contributed by atoms with Gasteiger partial charge in [0.1, 0.15) is 5.75 Å². The zero-order valence-corrected chi connectivity index (χ0v) is 15.0. The summed E-state index contributed by atoms with van der Waals surface area (Å²) in [6, 6.07) is 18.1. The summed E-state index contributed by atoms with van der Waals surface area (Å²) in [6.07, 6.45) is 0.468. The molecule has 0 atom stereocenters. The second-order valence-corrected chi connectivity index (χ2v) is 6.50. The average molecular weight is 350 g/mol. The maximum Gasteiger partial charge on any atom is 0.196 e. The van der Waals surface area contributed by atoms with Crippen LogP contribution in [0.1, 0.15) is 12.0 Å². The quantitative estimate of drug-likeness (QED) is 0.491. The van der Waals surface area contributed by atoms with E-state index in [1.54, 1.807) is 7.11 Å². The zero-order valence-electron chi connectivity index (χ0n) is 14.1. The van der Waals surface area contributed by atoms with Gasteiger partial charge in [-0.25, -0.2) is 0 Å². The highest BCUT2D eigenvalue weighted by molar-refractivity contribution is 7.99. The number of rotatable bonds is 6. The third-order valence-electron chi connectivity index (χ3n) is 3.72. The molecule has 3 aromatic rings. The minimum absolute atomic E-state index is 0.468. The molecule has 1 heterocycles. The first-order valence-corrected chi connectivity index (χ1v) is 8.88. The third kappa shape index (κ3) is 3.67. The van der Waals surface area contributed by atoms with Crippen LogP contribution in [0.5, 0.6) is 5.75 Å². The summed E-state index contributed by atoms with van der Waals surface area (Å²) in [5.41, 5.74) is 3.05. The van der Waals surface area contributed by atoms with Crippen molar-refractivity contribution in [2.45, 2.75) is 18.5 Å². The number of ether oxygens (including phenoxy) is 1. The molecule has 25 heavy (non-hydrogen) atoms. The number of para-hydroxylation sites is 1. The summed E-state index contributed by atoms with van der Waals surface area (Å²) in [5.74, 6) is 2.14. The Labute approximate surface area is 151 Å². The molecule has 0 bridgehead atoms. The number of nitrogens with zero attached hydrogens (tertiary/aromatic N) is 4. The maximum absolute atomic E-state index is 8.79. The number of methoxy groups -OCH3 is 1. The Morgan fingerprint density at radius 2 is 1.88 bits per heavy atom. The van der Waals surface area contributed by atoms with Gasteiger partial charge in [-0.3, -0.25) is 4.57 Å². The van der Waals surface area contributed by atoms with Crippen molar-refractivity contribution in [3.8, 4) is 28.9 Å². The minimum Gasteiger partial charge on any atom is -0.496 e. The molecule has 5 nitrogen and oxygen atoms in total. The monoisotopic (exact) mass is 350 g/mol. The average Bonchev–Trinajstić information content (AvgIpc) is 3.06. The number of nitriles is 1. The fourth-order valence-electron chi connectivity index (χ4n) is 2.48. The van der Waals surface area contributed by atoms with Crippen molar-refractivity contribution >= 4 is 11.8 Å². The lowest BCUT2D eigenvalue weighted by Crippen LogP contribution is -2.01. The first-order valence-electron chi connectivity index (χ1n) is 7.90. The standard InChI is InChI=1S/C19H18N4OS/c1-14-8-10-15(11-9-14)23-18(16-6-3-4-7-17(16)24-2)21-22-19(23)25-13-5-12-20/h3-4,6-11H,5,13H2,1-2H3. The van der Waals surface area contributed by atoms with E-state index in [0.29, 0.717) is 12.2 Å². The third-order valence-corrected chi connectivity index (χ3v) is 4.65. The summed E-state index contributed by atoms with van der Waals surface area (Å²) in [5, 5.41) is 18.3. The molecular formula is C19H18N4OS. The zero-order chi connectivity index (χ0) is 17.6. The van der Waals surface area contributed by atoms with Crippen molar-refractivity contribution in [2.24, 2.45) is 0 Å². The van der Waals surface area contributed by atoms with Crippen molar-refractivity contribution in [1.82, 2.24) is 14.8 Å². The summed E-state index contributed by atoms with van der Waals surface area (Å²) >= 11 is 1.53. The molecule has 0 radical (unpaired) electrons. The summed E-state index contributed by atoms with van der Waals surface area (Å²) in [6.45, 7) is 2.06. The molecule has 0 aliphatic heterocycles.